The van der Waals surface area contributed by atoms with Crippen LogP contribution in [0, 0.1) is 5.92 Å². The van der Waals surface area contributed by atoms with E-state index in [1.807, 2.05) is 24.3 Å². The molecule has 0 bridgehead atoms. The quantitative estimate of drug-likeness (QED) is 0.446. The molecule has 1 N–H and O–H groups in total. The second kappa shape index (κ2) is 9.28. The lowest BCUT2D eigenvalue weighted by molar-refractivity contribution is -0.118. The highest BCUT2D eigenvalue weighted by Crippen LogP contribution is 2.35. The predicted molar refractivity (Wildman–Crippen MR) is 120 cm³/mol. The summed E-state index contributed by atoms with van der Waals surface area (Å²) in [6.07, 6.45) is 3.91. The van der Waals surface area contributed by atoms with E-state index in [0.29, 0.717) is 23.0 Å². The van der Waals surface area contributed by atoms with Crippen molar-refractivity contribution < 1.29 is 4.79 Å². The Hall–Kier alpha value is -1.90. The van der Waals surface area contributed by atoms with Crippen LogP contribution in [0.15, 0.2) is 35.6 Å². The lowest BCUT2D eigenvalue weighted by Crippen LogP contribution is -2.32. The Morgan fingerprint density at radius 2 is 2.03 bits per heavy atom. The number of nitrogens with one attached hydrogen (secondary N) is 1. The molecule has 1 amide bonds. The Labute approximate surface area is 183 Å². The summed E-state index contributed by atoms with van der Waals surface area (Å²) in [5.41, 5.74) is 1.72. The largest absolute Gasteiger partial charge is 0.351 e. The van der Waals surface area contributed by atoms with Crippen LogP contribution in [-0.4, -0.2) is 39.7 Å². The van der Waals surface area contributed by atoms with Gasteiger partial charge < -0.3 is 10.2 Å². The lowest BCUT2D eigenvalue weighted by atomic mass is 10.00. The van der Waals surface area contributed by atoms with E-state index in [1.54, 1.807) is 11.3 Å². The number of fused-ring (bicyclic) bond motifs is 1. The van der Waals surface area contributed by atoms with Gasteiger partial charge in [0.1, 0.15) is 16.1 Å². The molecule has 1 saturated heterocycles. The minimum Gasteiger partial charge on any atom is -0.351 e. The molecule has 3 heterocycles. The van der Waals surface area contributed by atoms with Crippen LogP contribution in [0.5, 0.6) is 0 Å². The molecule has 29 heavy (non-hydrogen) atoms. The third kappa shape index (κ3) is 5.18. The fourth-order valence-electron chi connectivity index (χ4n) is 3.15. The molecule has 0 radical (unpaired) electrons. The molecular weight excluding hydrogens is 426 g/mol. The molecule has 152 valence electrons. The van der Waals surface area contributed by atoms with Crippen molar-refractivity contribution in [1.29, 1.82) is 0 Å². The monoisotopic (exact) mass is 447 g/mol. The third-order valence-corrected chi connectivity index (χ3v) is 7.43. The summed E-state index contributed by atoms with van der Waals surface area (Å²) >= 11 is 8.93. The number of carbonyl (C=O) groups is 1. The van der Waals surface area contributed by atoms with Crippen LogP contribution < -0.4 is 10.2 Å². The number of carbonyl (C=O) groups excluding carboxylic acids is 1. The molecule has 0 aliphatic carbocycles. The summed E-state index contributed by atoms with van der Waals surface area (Å²) in [7, 11) is 0. The highest BCUT2D eigenvalue weighted by atomic mass is 35.5. The van der Waals surface area contributed by atoms with Crippen LogP contribution in [0.1, 0.15) is 25.3 Å². The molecule has 1 aromatic carbocycles. The number of thiazole rings is 1. The van der Waals surface area contributed by atoms with Crippen LogP contribution in [0.2, 0.25) is 5.02 Å². The number of amides is 1. The van der Waals surface area contributed by atoms with Crippen molar-refractivity contribution >= 4 is 56.1 Å². The van der Waals surface area contributed by atoms with E-state index in [2.05, 4.69) is 27.1 Å². The van der Waals surface area contributed by atoms with Gasteiger partial charge in [-0.1, -0.05) is 53.8 Å². The van der Waals surface area contributed by atoms with Crippen LogP contribution in [0.25, 0.3) is 10.3 Å². The number of hydrogen-bond donors (Lipinski definition) is 1. The first-order valence-corrected chi connectivity index (χ1v) is 11.8. The molecule has 0 saturated carbocycles. The van der Waals surface area contributed by atoms with Crippen molar-refractivity contribution in [2.75, 3.05) is 23.7 Å². The maximum absolute atomic E-state index is 12.3. The zero-order valence-corrected chi connectivity index (χ0v) is 18.5. The Balaban J connectivity index is 1.37. The van der Waals surface area contributed by atoms with E-state index in [1.165, 1.54) is 30.9 Å². The van der Waals surface area contributed by atoms with Gasteiger partial charge in [-0.05, 0) is 36.5 Å². The molecule has 0 unspecified atom stereocenters. The van der Waals surface area contributed by atoms with Crippen LogP contribution in [0.4, 0.5) is 5.13 Å². The van der Waals surface area contributed by atoms with E-state index in [0.717, 1.165) is 39.4 Å². The number of halogens is 1. The van der Waals surface area contributed by atoms with Gasteiger partial charge in [0.2, 0.25) is 5.91 Å². The van der Waals surface area contributed by atoms with Gasteiger partial charge in [-0.2, -0.15) is 4.98 Å². The Bertz CT molecular complexity index is 986. The van der Waals surface area contributed by atoms with Gasteiger partial charge in [0.15, 0.2) is 10.8 Å². The predicted octanol–water partition coefficient (Wildman–Crippen LogP) is 4.38. The summed E-state index contributed by atoms with van der Waals surface area (Å²) in [5.74, 6) is 1.04. The van der Waals surface area contributed by atoms with E-state index >= 15 is 0 Å². The lowest BCUT2D eigenvalue weighted by Gasteiger charge is -2.29. The molecule has 0 atom stereocenters. The molecule has 2 aromatic heterocycles. The Kier molecular flexibility index (Phi) is 6.52. The SMILES string of the molecule is CC1CCN(c2nc3ncnc(SCC(=O)NCc4ccc(Cl)cc4)c3s2)CC1. The molecule has 0 spiro atoms. The number of rotatable bonds is 6. The van der Waals surface area contributed by atoms with Crippen molar-refractivity contribution in [3.63, 3.8) is 0 Å². The molecule has 1 aliphatic rings. The van der Waals surface area contributed by atoms with Gasteiger partial charge in [-0.25, -0.2) is 9.97 Å². The number of thioether (sulfide) groups is 1. The van der Waals surface area contributed by atoms with Gasteiger partial charge >= 0.3 is 0 Å². The van der Waals surface area contributed by atoms with Crippen molar-refractivity contribution in [2.24, 2.45) is 5.92 Å². The zero-order valence-electron chi connectivity index (χ0n) is 16.1. The van der Waals surface area contributed by atoms with Crippen molar-refractivity contribution in [1.82, 2.24) is 20.3 Å². The fraction of sp³-hybridized carbons (Fsp3) is 0.400. The normalized spacial score (nSPS) is 15.0. The maximum Gasteiger partial charge on any atom is 0.230 e. The second-order valence-electron chi connectivity index (χ2n) is 7.19. The highest BCUT2D eigenvalue weighted by molar-refractivity contribution is 8.00. The first-order chi connectivity index (χ1) is 14.1. The zero-order chi connectivity index (χ0) is 20.2. The third-order valence-electron chi connectivity index (χ3n) is 4.94. The number of hydrogen-bond acceptors (Lipinski definition) is 7. The van der Waals surface area contributed by atoms with Crippen LogP contribution in [0.3, 0.4) is 0 Å². The van der Waals surface area contributed by atoms with E-state index in [9.17, 15) is 4.79 Å². The van der Waals surface area contributed by atoms with E-state index in [-0.39, 0.29) is 5.91 Å². The average molecular weight is 448 g/mol. The topological polar surface area (TPSA) is 71.0 Å². The van der Waals surface area contributed by atoms with Crippen LogP contribution in [-0.2, 0) is 11.3 Å². The first-order valence-electron chi connectivity index (χ1n) is 9.59. The van der Waals surface area contributed by atoms with E-state index in [4.69, 9.17) is 16.6 Å². The summed E-state index contributed by atoms with van der Waals surface area (Å²) < 4.78 is 0.955. The van der Waals surface area contributed by atoms with Gasteiger partial charge in [-0.3, -0.25) is 4.79 Å². The van der Waals surface area contributed by atoms with Gasteiger partial charge in [0.05, 0.1) is 5.75 Å². The molecule has 1 fully saturated rings. The summed E-state index contributed by atoms with van der Waals surface area (Å²) in [6.45, 7) is 4.84. The first kappa shape index (κ1) is 20.4. The molecule has 1 aliphatic heterocycles. The molecule has 6 nitrogen and oxygen atoms in total. The smallest absolute Gasteiger partial charge is 0.230 e. The standard InChI is InChI=1S/C20H22ClN5OS2/c1-13-6-8-26(9-7-13)20-25-18-17(29-20)19(24-12-23-18)28-11-16(27)22-10-14-2-4-15(21)5-3-14/h2-5,12-13H,6-11H2,1H3,(H,22,27). The molecule has 4 rings (SSSR count). The number of anilines is 1. The fourth-order valence-corrected chi connectivity index (χ4v) is 5.25. The molecular formula is C20H22ClN5OS2. The summed E-state index contributed by atoms with van der Waals surface area (Å²) in [5, 5.41) is 5.43. The number of nitrogens with zero attached hydrogens (tertiary/aromatic N) is 4. The number of aromatic nitrogens is 3. The van der Waals surface area contributed by atoms with Crippen molar-refractivity contribution in [2.45, 2.75) is 31.3 Å². The second-order valence-corrected chi connectivity index (χ2v) is 9.57. The van der Waals surface area contributed by atoms with Crippen molar-refractivity contribution in [3.8, 4) is 0 Å². The van der Waals surface area contributed by atoms with Gasteiger partial charge in [0.25, 0.3) is 0 Å². The molecule has 9 heteroatoms. The highest BCUT2D eigenvalue weighted by Gasteiger charge is 2.20. The minimum absolute atomic E-state index is 0.0357. The molecule has 3 aromatic rings. The van der Waals surface area contributed by atoms with Gasteiger partial charge in [-0.15, -0.1) is 0 Å². The average Bonchev–Trinajstić information content (AvgIpc) is 3.17. The Morgan fingerprint density at radius 1 is 1.28 bits per heavy atom. The maximum atomic E-state index is 12.3. The van der Waals surface area contributed by atoms with Crippen LogP contribution >= 0.6 is 34.7 Å². The number of piperidine rings is 1. The summed E-state index contributed by atoms with van der Waals surface area (Å²) in [4.78, 5) is 28.0. The van der Waals surface area contributed by atoms with Crippen molar-refractivity contribution in [3.05, 3.63) is 41.2 Å². The minimum atomic E-state index is -0.0357. The summed E-state index contributed by atoms with van der Waals surface area (Å²) in [6, 6.07) is 7.45. The van der Waals surface area contributed by atoms with E-state index < -0.39 is 0 Å². The Morgan fingerprint density at radius 3 is 2.79 bits per heavy atom. The number of benzene rings is 1. The van der Waals surface area contributed by atoms with Gasteiger partial charge in [0, 0.05) is 24.7 Å².